The van der Waals surface area contributed by atoms with Crippen molar-refractivity contribution in [1.82, 2.24) is 0 Å². The number of rotatable bonds is 3. The summed E-state index contributed by atoms with van der Waals surface area (Å²) in [5.41, 5.74) is -0.544. The van der Waals surface area contributed by atoms with E-state index in [0.717, 1.165) is 0 Å². The highest BCUT2D eigenvalue weighted by Crippen LogP contribution is 2.18. The standard InChI is InChI=1S/C13H22O3/c1-8-10(4)11(9(2)3)15-12(14)16-13(5,6)7/h1,9-11H,2-7H3/t10-,11+/m1/s1. The third kappa shape index (κ3) is 5.65. The molecule has 3 nitrogen and oxygen atoms in total. The van der Waals surface area contributed by atoms with Gasteiger partial charge in [-0.25, -0.2) is 4.79 Å². The smallest absolute Gasteiger partial charge is 0.429 e. The van der Waals surface area contributed by atoms with Crippen molar-refractivity contribution in [2.45, 2.75) is 53.2 Å². The minimum Gasteiger partial charge on any atom is -0.429 e. The van der Waals surface area contributed by atoms with Gasteiger partial charge in [-0.2, -0.15) is 0 Å². The second-order valence-electron chi connectivity index (χ2n) is 5.25. The van der Waals surface area contributed by atoms with Crippen LogP contribution >= 0.6 is 0 Å². The van der Waals surface area contributed by atoms with Gasteiger partial charge in [0.1, 0.15) is 11.7 Å². The number of hydrogen-bond acceptors (Lipinski definition) is 3. The first-order chi connectivity index (χ1) is 7.17. The Hall–Kier alpha value is -1.17. The Kier molecular flexibility index (Phi) is 5.37. The second-order valence-corrected chi connectivity index (χ2v) is 5.25. The molecule has 0 N–H and O–H groups in total. The van der Waals surface area contributed by atoms with E-state index in [1.54, 1.807) is 20.8 Å². The van der Waals surface area contributed by atoms with Crippen LogP contribution in [0.3, 0.4) is 0 Å². The molecule has 0 saturated carbocycles. The highest BCUT2D eigenvalue weighted by atomic mass is 16.7. The zero-order valence-corrected chi connectivity index (χ0v) is 11.0. The largest absolute Gasteiger partial charge is 0.509 e. The molecule has 0 unspecified atom stereocenters. The van der Waals surface area contributed by atoms with Crippen LogP contribution in [0.25, 0.3) is 0 Å². The number of terminal acetylenes is 1. The zero-order chi connectivity index (χ0) is 12.9. The Bertz CT molecular complexity index is 268. The normalized spacial score (nSPS) is 15.1. The maximum absolute atomic E-state index is 11.5. The third-order valence-corrected chi connectivity index (χ3v) is 2.03. The number of carbonyl (C=O) groups is 1. The molecule has 3 heteroatoms. The van der Waals surface area contributed by atoms with Gasteiger partial charge in [0.2, 0.25) is 0 Å². The average Bonchev–Trinajstić information content (AvgIpc) is 2.09. The highest BCUT2D eigenvalue weighted by Gasteiger charge is 2.26. The number of carbonyl (C=O) groups excluding carboxylic acids is 1. The lowest BCUT2D eigenvalue weighted by Gasteiger charge is -2.26. The topological polar surface area (TPSA) is 35.5 Å². The molecular weight excluding hydrogens is 204 g/mol. The van der Waals surface area contributed by atoms with Crippen molar-refractivity contribution in [3.05, 3.63) is 0 Å². The molecule has 0 aromatic rings. The van der Waals surface area contributed by atoms with E-state index in [0.29, 0.717) is 0 Å². The van der Waals surface area contributed by atoms with Gasteiger partial charge in [0.25, 0.3) is 0 Å². The van der Waals surface area contributed by atoms with Gasteiger partial charge in [0, 0.05) is 0 Å². The Morgan fingerprint density at radius 1 is 1.25 bits per heavy atom. The lowest BCUT2D eigenvalue weighted by molar-refractivity contribution is -0.0437. The fourth-order valence-electron chi connectivity index (χ4n) is 1.30. The Morgan fingerprint density at radius 3 is 2.06 bits per heavy atom. The van der Waals surface area contributed by atoms with E-state index in [1.807, 2.05) is 20.8 Å². The predicted octanol–water partition coefficient (Wildman–Crippen LogP) is 3.23. The van der Waals surface area contributed by atoms with Gasteiger partial charge in [-0.1, -0.05) is 19.8 Å². The van der Waals surface area contributed by atoms with Crippen LogP contribution in [0.5, 0.6) is 0 Å². The first-order valence-corrected chi connectivity index (χ1v) is 5.53. The molecule has 0 bridgehead atoms. The minimum atomic E-state index is -0.659. The van der Waals surface area contributed by atoms with Crippen molar-refractivity contribution in [2.24, 2.45) is 11.8 Å². The van der Waals surface area contributed by atoms with Crippen LogP contribution in [0, 0.1) is 24.2 Å². The molecule has 0 fully saturated rings. The fraction of sp³-hybridized carbons (Fsp3) is 0.769. The quantitative estimate of drug-likeness (QED) is 0.547. The van der Waals surface area contributed by atoms with E-state index in [2.05, 4.69) is 5.92 Å². The fourth-order valence-corrected chi connectivity index (χ4v) is 1.30. The lowest BCUT2D eigenvalue weighted by atomic mass is 9.95. The number of hydrogen-bond donors (Lipinski definition) is 0. The van der Waals surface area contributed by atoms with E-state index < -0.39 is 11.8 Å². The van der Waals surface area contributed by atoms with Gasteiger partial charge >= 0.3 is 6.16 Å². The maximum atomic E-state index is 11.5. The van der Waals surface area contributed by atoms with Gasteiger partial charge in [0.05, 0.1) is 5.92 Å². The van der Waals surface area contributed by atoms with Crippen LogP contribution in [0.15, 0.2) is 0 Å². The molecular formula is C13H22O3. The van der Waals surface area contributed by atoms with Crippen molar-refractivity contribution in [3.8, 4) is 12.3 Å². The molecule has 0 aromatic carbocycles. The molecule has 2 atom stereocenters. The summed E-state index contributed by atoms with van der Waals surface area (Å²) < 4.78 is 10.3. The Morgan fingerprint density at radius 2 is 1.75 bits per heavy atom. The van der Waals surface area contributed by atoms with Gasteiger partial charge in [-0.05, 0) is 33.6 Å². The van der Waals surface area contributed by atoms with E-state index in [1.165, 1.54) is 0 Å². The van der Waals surface area contributed by atoms with Crippen LogP contribution in [0.4, 0.5) is 4.79 Å². The molecule has 0 aliphatic heterocycles. The summed E-state index contributed by atoms with van der Waals surface area (Å²) >= 11 is 0. The van der Waals surface area contributed by atoms with Crippen LogP contribution in [0.1, 0.15) is 41.5 Å². The summed E-state index contributed by atoms with van der Waals surface area (Å²) in [5.74, 6) is 2.63. The van der Waals surface area contributed by atoms with Crippen molar-refractivity contribution in [2.75, 3.05) is 0 Å². The third-order valence-electron chi connectivity index (χ3n) is 2.03. The van der Waals surface area contributed by atoms with Crippen LogP contribution < -0.4 is 0 Å². The van der Waals surface area contributed by atoms with Crippen LogP contribution in [0.2, 0.25) is 0 Å². The molecule has 0 saturated heterocycles. The van der Waals surface area contributed by atoms with Crippen LogP contribution in [-0.2, 0) is 9.47 Å². The van der Waals surface area contributed by atoms with Gasteiger partial charge in [-0.15, -0.1) is 6.42 Å². The summed E-state index contributed by atoms with van der Waals surface area (Å²) in [6.07, 6.45) is 4.37. The summed E-state index contributed by atoms with van der Waals surface area (Å²) in [4.78, 5) is 11.5. The summed E-state index contributed by atoms with van der Waals surface area (Å²) in [6, 6.07) is 0. The van der Waals surface area contributed by atoms with Gasteiger partial charge in [0.15, 0.2) is 0 Å². The summed E-state index contributed by atoms with van der Waals surface area (Å²) in [6.45, 7) is 11.2. The van der Waals surface area contributed by atoms with Crippen molar-refractivity contribution < 1.29 is 14.3 Å². The molecule has 0 aliphatic carbocycles. The first-order valence-electron chi connectivity index (χ1n) is 5.53. The molecule has 16 heavy (non-hydrogen) atoms. The second kappa shape index (κ2) is 5.79. The predicted molar refractivity (Wildman–Crippen MR) is 63.9 cm³/mol. The highest BCUT2D eigenvalue weighted by molar-refractivity contribution is 5.60. The molecule has 92 valence electrons. The Labute approximate surface area is 98.5 Å². The first kappa shape index (κ1) is 14.8. The molecule has 0 heterocycles. The summed E-state index contributed by atoms with van der Waals surface area (Å²) in [7, 11) is 0. The van der Waals surface area contributed by atoms with E-state index in [4.69, 9.17) is 15.9 Å². The maximum Gasteiger partial charge on any atom is 0.509 e. The molecule has 0 amide bonds. The SMILES string of the molecule is C#C[C@@H](C)[C@@H](OC(=O)OC(C)(C)C)C(C)C. The van der Waals surface area contributed by atoms with Crippen molar-refractivity contribution >= 4 is 6.16 Å². The molecule has 0 spiro atoms. The summed E-state index contributed by atoms with van der Waals surface area (Å²) in [5, 5.41) is 0. The van der Waals surface area contributed by atoms with Gasteiger partial charge in [-0.3, -0.25) is 0 Å². The van der Waals surface area contributed by atoms with Crippen molar-refractivity contribution in [3.63, 3.8) is 0 Å². The average molecular weight is 226 g/mol. The lowest BCUT2D eigenvalue weighted by Crippen LogP contribution is -2.33. The molecule has 0 rings (SSSR count). The van der Waals surface area contributed by atoms with E-state index in [-0.39, 0.29) is 17.9 Å². The monoisotopic (exact) mass is 226 g/mol. The van der Waals surface area contributed by atoms with E-state index >= 15 is 0 Å². The van der Waals surface area contributed by atoms with Crippen LogP contribution in [-0.4, -0.2) is 17.9 Å². The Balaban J connectivity index is 4.43. The molecule has 0 aromatic heterocycles. The van der Waals surface area contributed by atoms with Crippen molar-refractivity contribution in [1.29, 1.82) is 0 Å². The number of ether oxygens (including phenoxy) is 2. The molecule has 0 radical (unpaired) electrons. The van der Waals surface area contributed by atoms with Gasteiger partial charge < -0.3 is 9.47 Å². The minimum absolute atomic E-state index is 0.118. The zero-order valence-electron chi connectivity index (χ0n) is 11.0. The molecule has 0 aliphatic rings. The van der Waals surface area contributed by atoms with E-state index in [9.17, 15) is 4.79 Å².